The lowest BCUT2D eigenvalue weighted by molar-refractivity contribution is -0.00825. The van der Waals surface area contributed by atoms with Crippen LogP contribution in [0, 0.1) is 6.92 Å². The van der Waals surface area contributed by atoms with Gasteiger partial charge in [0.2, 0.25) is 0 Å². The Labute approximate surface area is 49.1 Å². The Hall–Kier alpha value is -0.340. The van der Waals surface area contributed by atoms with Crippen molar-refractivity contribution in [2.24, 2.45) is 0 Å². The fourth-order valence-corrected chi connectivity index (χ4v) is 0.594. The second kappa shape index (κ2) is 2.29. The largest absolute Gasteiger partial charge is 0.346 e. The molecule has 0 aromatic heterocycles. The van der Waals surface area contributed by atoms with Crippen molar-refractivity contribution in [1.82, 2.24) is 0 Å². The minimum Gasteiger partial charge on any atom is -0.346 e. The maximum Gasteiger partial charge on any atom is 0.179 e. The van der Waals surface area contributed by atoms with Gasteiger partial charge in [-0.3, -0.25) is 0 Å². The molecule has 1 rings (SSSR count). The highest BCUT2D eigenvalue weighted by atomic mass is 16.7. The van der Waals surface area contributed by atoms with Crippen LogP contribution >= 0.6 is 0 Å². The fraction of sp³-hybridized carbons (Fsp3) is 0.500. The SMILES string of the molecule is [CH2]C(=C)C1OCCO1. The zero-order valence-electron chi connectivity index (χ0n) is 4.72. The monoisotopic (exact) mass is 113 g/mol. The van der Waals surface area contributed by atoms with E-state index in [1.54, 1.807) is 0 Å². The summed E-state index contributed by atoms with van der Waals surface area (Å²) in [5.41, 5.74) is 0.697. The summed E-state index contributed by atoms with van der Waals surface area (Å²) in [5.74, 6) is 0. The van der Waals surface area contributed by atoms with E-state index < -0.39 is 0 Å². The van der Waals surface area contributed by atoms with Gasteiger partial charge in [0, 0.05) is 0 Å². The average molecular weight is 113 g/mol. The molecule has 0 unspecified atom stereocenters. The van der Waals surface area contributed by atoms with E-state index in [2.05, 4.69) is 13.5 Å². The van der Waals surface area contributed by atoms with Gasteiger partial charge in [-0.1, -0.05) is 6.58 Å². The summed E-state index contributed by atoms with van der Waals surface area (Å²) < 4.78 is 10.1. The molecule has 0 N–H and O–H groups in total. The first kappa shape index (κ1) is 5.79. The lowest BCUT2D eigenvalue weighted by Gasteiger charge is -2.05. The maximum atomic E-state index is 5.03. The van der Waals surface area contributed by atoms with Crippen LogP contribution in [0.4, 0.5) is 0 Å². The highest BCUT2D eigenvalue weighted by Gasteiger charge is 2.15. The molecule has 0 atom stereocenters. The molecule has 0 aliphatic carbocycles. The van der Waals surface area contributed by atoms with Gasteiger partial charge in [-0.15, -0.1) is 0 Å². The van der Waals surface area contributed by atoms with Crippen LogP contribution in [0.5, 0.6) is 0 Å². The fourth-order valence-electron chi connectivity index (χ4n) is 0.594. The van der Waals surface area contributed by atoms with Crippen LogP contribution in [0.15, 0.2) is 12.2 Å². The molecule has 1 saturated heterocycles. The maximum absolute atomic E-state index is 5.03. The van der Waals surface area contributed by atoms with Gasteiger partial charge >= 0.3 is 0 Å². The predicted molar refractivity (Wildman–Crippen MR) is 30.2 cm³/mol. The van der Waals surface area contributed by atoms with Crippen molar-refractivity contribution in [3.8, 4) is 0 Å². The van der Waals surface area contributed by atoms with E-state index in [1.165, 1.54) is 0 Å². The number of hydrogen-bond donors (Lipinski definition) is 0. The van der Waals surface area contributed by atoms with E-state index in [9.17, 15) is 0 Å². The van der Waals surface area contributed by atoms with Crippen LogP contribution in [-0.4, -0.2) is 19.5 Å². The van der Waals surface area contributed by atoms with Crippen molar-refractivity contribution in [2.75, 3.05) is 13.2 Å². The summed E-state index contributed by atoms with van der Waals surface area (Å²) in [7, 11) is 0. The molecule has 0 spiro atoms. The third-order valence-electron chi connectivity index (χ3n) is 0.955. The molecule has 1 heterocycles. The lowest BCUT2D eigenvalue weighted by atomic mass is 10.3. The van der Waals surface area contributed by atoms with Gasteiger partial charge in [-0.25, -0.2) is 0 Å². The second-order valence-corrected chi connectivity index (χ2v) is 1.73. The van der Waals surface area contributed by atoms with Gasteiger partial charge in [0.25, 0.3) is 0 Å². The van der Waals surface area contributed by atoms with Gasteiger partial charge < -0.3 is 9.47 Å². The second-order valence-electron chi connectivity index (χ2n) is 1.73. The highest BCUT2D eigenvalue weighted by Crippen LogP contribution is 2.09. The first-order valence-electron chi connectivity index (χ1n) is 2.54. The predicted octanol–water partition coefficient (Wildman–Crippen LogP) is 0.750. The quantitative estimate of drug-likeness (QED) is 0.499. The Balaban J connectivity index is 2.35. The van der Waals surface area contributed by atoms with Crippen LogP contribution < -0.4 is 0 Å². The Morgan fingerprint density at radius 1 is 1.38 bits per heavy atom. The summed E-state index contributed by atoms with van der Waals surface area (Å²) in [4.78, 5) is 0. The molecule has 1 aliphatic rings. The van der Waals surface area contributed by atoms with Crippen LogP contribution in [0.25, 0.3) is 0 Å². The Morgan fingerprint density at radius 2 is 1.88 bits per heavy atom. The lowest BCUT2D eigenvalue weighted by Crippen LogP contribution is -2.07. The van der Waals surface area contributed by atoms with E-state index in [0.29, 0.717) is 18.8 Å². The Bertz CT molecular complexity index is 92.7. The van der Waals surface area contributed by atoms with Gasteiger partial charge in [0.05, 0.1) is 13.2 Å². The van der Waals surface area contributed by atoms with E-state index in [-0.39, 0.29) is 6.29 Å². The van der Waals surface area contributed by atoms with Crippen LogP contribution in [0.3, 0.4) is 0 Å². The molecular formula is C6H9O2. The smallest absolute Gasteiger partial charge is 0.179 e. The van der Waals surface area contributed by atoms with E-state index in [1.807, 2.05) is 0 Å². The number of ether oxygens (including phenoxy) is 2. The van der Waals surface area contributed by atoms with Crippen molar-refractivity contribution in [3.63, 3.8) is 0 Å². The third kappa shape index (κ3) is 1.08. The number of hydrogen-bond acceptors (Lipinski definition) is 2. The van der Waals surface area contributed by atoms with Crippen LogP contribution in [0.2, 0.25) is 0 Å². The zero-order valence-corrected chi connectivity index (χ0v) is 4.72. The van der Waals surface area contributed by atoms with Crippen molar-refractivity contribution in [2.45, 2.75) is 6.29 Å². The van der Waals surface area contributed by atoms with Gasteiger partial charge in [0.1, 0.15) is 0 Å². The van der Waals surface area contributed by atoms with Gasteiger partial charge in [0.15, 0.2) is 6.29 Å². The molecule has 45 valence electrons. The van der Waals surface area contributed by atoms with Crippen molar-refractivity contribution >= 4 is 0 Å². The minimum atomic E-state index is -0.241. The van der Waals surface area contributed by atoms with Crippen LogP contribution in [0.1, 0.15) is 0 Å². The summed E-state index contributed by atoms with van der Waals surface area (Å²) in [5, 5.41) is 0. The molecule has 2 nitrogen and oxygen atoms in total. The van der Waals surface area contributed by atoms with E-state index in [4.69, 9.17) is 9.47 Å². The molecule has 8 heavy (non-hydrogen) atoms. The molecule has 1 aliphatic heterocycles. The molecule has 0 amide bonds. The summed E-state index contributed by atoms with van der Waals surface area (Å²) in [6.45, 7) is 8.48. The van der Waals surface area contributed by atoms with Crippen molar-refractivity contribution in [1.29, 1.82) is 0 Å². The highest BCUT2D eigenvalue weighted by molar-refractivity contribution is 5.02. The van der Waals surface area contributed by atoms with E-state index >= 15 is 0 Å². The normalized spacial score (nSPS) is 21.6. The molecule has 1 fully saturated rings. The van der Waals surface area contributed by atoms with Gasteiger partial charge in [-0.2, -0.15) is 0 Å². The molecular weight excluding hydrogens is 104 g/mol. The topological polar surface area (TPSA) is 18.5 Å². The molecule has 0 saturated carbocycles. The Morgan fingerprint density at radius 3 is 2.12 bits per heavy atom. The molecule has 0 aromatic rings. The van der Waals surface area contributed by atoms with Crippen molar-refractivity contribution in [3.05, 3.63) is 19.1 Å². The first-order valence-corrected chi connectivity index (χ1v) is 2.54. The van der Waals surface area contributed by atoms with Gasteiger partial charge in [-0.05, 0) is 12.5 Å². The summed E-state index contributed by atoms with van der Waals surface area (Å²) >= 11 is 0. The Kier molecular flexibility index (Phi) is 1.65. The third-order valence-corrected chi connectivity index (χ3v) is 0.955. The first-order chi connectivity index (χ1) is 3.80. The standard InChI is InChI=1S/C6H9O2/c1-5(2)6-7-3-4-8-6/h6H,1-4H2. The minimum absolute atomic E-state index is 0.241. The summed E-state index contributed by atoms with van der Waals surface area (Å²) in [6.07, 6.45) is -0.241. The zero-order chi connectivity index (χ0) is 5.98. The molecule has 0 aromatic carbocycles. The van der Waals surface area contributed by atoms with Crippen molar-refractivity contribution < 1.29 is 9.47 Å². The van der Waals surface area contributed by atoms with E-state index in [0.717, 1.165) is 0 Å². The van der Waals surface area contributed by atoms with Crippen LogP contribution in [-0.2, 0) is 9.47 Å². The number of rotatable bonds is 1. The molecule has 2 heteroatoms. The molecule has 0 bridgehead atoms. The molecule has 1 radical (unpaired) electrons. The summed E-state index contributed by atoms with van der Waals surface area (Å²) in [6, 6.07) is 0. The average Bonchev–Trinajstić information content (AvgIpc) is 2.12.